The van der Waals surface area contributed by atoms with Crippen LogP contribution in [0.3, 0.4) is 0 Å². The van der Waals surface area contributed by atoms with Gasteiger partial charge in [-0.05, 0) is 61.7 Å². The van der Waals surface area contributed by atoms with Gasteiger partial charge in [0.1, 0.15) is 6.29 Å². The maximum atomic E-state index is 13.1. The maximum absolute atomic E-state index is 13.1. The van der Waals surface area contributed by atoms with E-state index in [0.29, 0.717) is 26.9 Å². The zero-order chi connectivity index (χ0) is 21.3. The van der Waals surface area contributed by atoms with Crippen LogP contribution >= 0.6 is 23.2 Å². The number of benzene rings is 2. The Kier molecular flexibility index (Phi) is 6.02. The molecular formula is C24H23Cl2NO2. The molecule has 1 aliphatic rings. The summed E-state index contributed by atoms with van der Waals surface area (Å²) < 4.78 is 0. The fourth-order valence-corrected chi connectivity index (χ4v) is 4.34. The second-order valence-corrected chi connectivity index (χ2v) is 8.57. The summed E-state index contributed by atoms with van der Waals surface area (Å²) in [6.45, 7) is 5.80. The van der Waals surface area contributed by atoms with Crippen LogP contribution in [-0.2, 0) is 15.0 Å². The third-order valence-corrected chi connectivity index (χ3v) is 6.20. The lowest BCUT2D eigenvalue weighted by atomic mass is 9.61. The summed E-state index contributed by atoms with van der Waals surface area (Å²) in [5, 5.41) is 1.04. The van der Waals surface area contributed by atoms with Crippen LogP contribution in [-0.4, -0.2) is 12.1 Å². The lowest BCUT2D eigenvalue weighted by Crippen LogP contribution is -2.40. The fraction of sp³-hybridized carbons (Fsp3) is 0.250. The Bertz CT molecular complexity index is 1050. The Hall–Kier alpha value is -2.36. The number of Topliss-reactive ketones (excluding diaryl/α,β-unsaturated/α-hetero) is 1. The summed E-state index contributed by atoms with van der Waals surface area (Å²) in [4.78, 5) is 25.8. The minimum atomic E-state index is -1.11. The van der Waals surface area contributed by atoms with E-state index >= 15 is 0 Å². The standard InChI is InChI=1S/C24H23Cl2NO2/c1-14(2)15(3)19-12-24(13-28,20-8-7-18(26)10-22(20)27)21(11-23(19)29)16-5-4-6-17(25)9-16/h4-10,12-13,21H,11,27H2,1-3H3/t21-,24-/m0/s1. The van der Waals surface area contributed by atoms with E-state index < -0.39 is 11.3 Å². The molecule has 0 spiro atoms. The average molecular weight is 428 g/mol. The highest BCUT2D eigenvalue weighted by Gasteiger charge is 2.46. The number of carbonyl (C=O) groups is 2. The van der Waals surface area contributed by atoms with E-state index in [1.54, 1.807) is 36.4 Å². The molecule has 0 aromatic heterocycles. The Morgan fingerprint density at radius 1 is 1.10 bits per heavy atom. The third kappa shape index (κ3) is 3.90. The van der Waals surface area contributed by atoms with Crippen LogP contribution in [0.5, 0.6) is 0 Å². The van der Waals surface area contributed by atoms with Gasteiger partial charge in [-0.15, -0.1) is 0 Å². The van der Waals surface area contributed by atoms with Gasteiger partial charge in [0.2, 0.25) is 0 Å². The van der Waals surface area contributed by atoms with Gasteiger partial charge in [0.25, 0.3) is 0 Å². The molecule has 0 heterocycles. The van der Waals surface area contributed by atoms with Crippen molar-refractivity contribution in [2.75, 3.05) is 5.73 Å². The normalized spacial score (nSPS) is 21.5. The quantitative estimate of drug-likeness (QED) is 0.476. The summed E-state index contributed by atoms with van der Waals surface area (Å²) in [6.07, 6.45) is 2.85. The molecule has 3 rings (SSSR count). The molecule has 2 aromatic rings. The van der Waals surface area contributed by atoms with Gasteiger partial charge >= 0.3 is 0 Å². The predicted molar refractivity (Wildman–Crippen MR) is 120 cm³/mol. The van der Waals surface area contributed by atoms with Crippen LogP contribution < -0.4 is 5.73 Å². The summed E-state index contributed by atoms with van der Waals surface area (Å²) in [7, 11) is 0. The third-order valence-electron chi connectivity index (χ3n) is 5.73. The summed E-state index contributed by atoms with van der Waals surface area (Å²) >= 11 is 12.3. The Labute approximate surface area is 181 Å². The second kappa shape index (κ2) is 8.17. The van der Waals surface area contributed by atoms with Gasteiger partial charge in [0, 0.05) is 33.6 Å². The van der Waals surface area contributed by atoms with Gasteiger partial charge in [-0.25, -0.2) is 0 Å². The molecule has 0 saturated carbocycles. The number of allylic oxidation sites excluding steroid dienone is 4. The van der Waals surface area contributed by atoms with Crippen molar-refractivity contribution < 1.29 is 9.59 Å². The molecule has 2 atom stereocenters. The molecule has 0 unspecified atom stereocenters. The predicted octanol–water partition coefficient (Wildman–Crippen LogP) is 6.05. The largest absolute Gasteiger partial charge is 0.398 e. The van der Waals surface area contributed by atoms with E-state index in [1.165, 1.54) is 0 Å². The monoisotopic (exact) mass is 427 g/mol. The molecule has 3 nitrogen and oxygen atoms in total. The smallest absolute Gasteiger partial charge is 0.163 e. The van der Waals surface area contributed by atoms with Gasteiger partial charge in [0.05, 0.1) is 5.41 Å². The molecule has 0 bridgehead atoms. The molecule has 1 aliphatic carbocycles. The maximum Gasteiger partial charge on any atom is 0.163 e. The number of nitrogen functional groups attached to an aromatic ring is 1. The molecule has 2 N–H and O–H groups in total. The number of anilines is 1. The summed E-state index contributed by atoms with van der Waals surface area (Å²) in [5.74, 6) is -0.429. The molecule has 0 radical (unpaired) electrons. The Morgan fingerprint density at radius 2 is 1.79 bits per heavy atom. The first-order valence-electron chi connectivity index (χ1n) is 9.37. The van der Waals surface area contributed by atoms with E-state index in [-0.39, 0.29) is 12.2 Å². The highest BCUT2D eigenvalue weighted by Crippen LogP contribution is 2.49. The lowest BCUT2D eigenvalue weighted by Gasteiger charge is -2.39. The van der Waals surface area contributed by atoms with Gasteiger partial charge in [-0.2, -0.15) is 0 Å². The van der Waals surface area contributed by atoms with Crippen molar-refractivity contribution in [1.29, 1.82) is 0 Å². The van der Waals surface area contributed by atoms with Crippen molar-refractivity contribution in [2.24, 2.45) is 0 Å². The van der Waals surface area contributed by atoms with Gasteiger partial charge in [0.15, 0.2) is 5.78 Å². The molecule has 0 amide bonds. The van der Waals surface area contributed by atoms with Crippen molar-refractivity contribution in [1.82, 2.24) is 0 Å². The molecule has 0 aliphatic heterocycles. The average Bonchev–Trinajstić information content (AvgIpc) is 2.67. The lowest BCUT2D eigenvalue weighted by molar-refractivity contribution is -0.117. The number of ketones is 1. The van der Waals surface area contributed by atoms with Crippen LogP contribution in [0.4, 0.5) is 5.69 Å². The first-order valence-corrected chi connectivity index (χ1v) is 10.1. The van der Waals surface area contributed by atoms with Gasteiger partial charge < -0.3 is 10.5 Å². The molecular weight excluding hydrogens is 405 g/mol. The topological polar surface area (TPSA) is 60.2 Å². The second-order valence-electron chi connectivity index (χ2n) is 7.70. The van der Waals surface area contributed by atoms with Crippen molar-refractivity contribution in [3.8, 4) is 0 Å². The zero-order valence-corrected chi connectivity index (χ0v) is 18.1. The van der Waals surface area contributed by atoms with E-state index in [4.69, 9.17) is 28.9 Å². The molecule has 5 heteroatoms. The molecule has 0 saturated heterocycles. The van der Waals surface area contributed by atoms with E-state index in [2.05, 4.69) is 0 Å². The highest BCUT2D eigenvalue weighted by molar-refractivity contribution is 6.31. The number of rotatable bonds is 4. The molecule has 29 heavy (non-hydrogen) atoms. The van der Waals surface area contributed by atoms with E-state index in [0.717, 1.165) is 23.0 Å². The minimum Gasteiger partial charge on any atom is -0.398 e. The van der Waals surface area contributed by atoms with Crippen molar-refractivity contribution in [2.45, 2.75) is 38.5 Å². The van der Waals surface area contributed by atoms with Crippen LogP contribution in [0.2, 0.25) is 10.0 Å². The highest BCUT2D eigenvalue weighted by atomic mass is 35.5. The number of nitrogens with two attached hydrogens (primary N) is 1. The molecule has 150 valence electrons. The molecule has 2 aromatic carbocycles. The van der Waals surface area contributed by atoms with Crippen LogP contribution in [0.25, 0.3) is 0 Å². The van der Waals surface area contributed by atoms with Crippen molar-refractivity contribution >= 4 is 41.0 Å². The first-order chi connectivity index (χ1) is 13.7. The number of carbonyl (C=O) groups excluding carboxylic acids is 2. The van der Waals surface area contributed by atoms with Crippen LogP contribution in [0, 0.1) is 0 Å². The van der Waals surface area contributed by atoms with Gasteiger partial charge in [-0.3, -0.25) is 4.79 Å². The van der Waals surface area contributed by atoms with Crippen molar-refractivity contribution in [3.63, 3.8) is 0 Å². The number of hydrogen-bond acceptors (Lipinski definition) is 3. The van der Waals surface area contributed by atoms with Crippen LogP contribution in [0.15, 0.2) is 65.3 Å². The number of hydrogen-bond donors (Lipinski definition) is 1. The SMILES string of the molecule is CC(C)=C(C)C1=C[C@](C=O)(c2ccc(Cl)cc2N)[C@H](c2cccc(Cl)c2)CC1=O. The van der Waals surface area contributed by atoms with E-state index in [1.807, 2.05) is 32.9 Å². The Morgan fingerprint density at radius 3 is 2.38 bits per heavy atom. The Balaban J connectivity index is 2.35. The van der Waals surface area contributed by atoms with Crippen molar-refractivity contribution in [3.05, 3.63) is 86.4 Å². The van der Waals surface area contributed by atoms with Gasteiger partial charge in [-0.1, -0.05) is 53.1 Å². The summed E-state index contributed by atoms with van der Waals surface area (Å²) in [5.41, 5.74) is 9.51. The van der Waals surface area contributed by atoms with E-state index in [9.17, 15) is 9.59 Å². The zero-order valence-electron chi connectivity index (χ0n) is 16.6. The van der Waals surface area contributed by atoms with Crippen LogP contribution in [0.1, 0.15) is 44.2 Å². The number of halogens is 2. The number of aldehydes is 1. The minimum absolute atomic E-state index is 0.00122. The molecule has 0 fully saturated rings. The summed E-state index contributed by atoms with van der Waals surface area (Å²) in [6, 6.07) is 12.4. The first kappa shape index (κ1) is 21.4. The fourth-order valence-electron chi connectivity index (χ4n) is 3.96.